The molecule has 1 rings (SSSR count). The molecule has 0 aliphatic rings. The van der Waals surface area contributed by atoms with E-state index in [1.807, 2.05) is 18.2 Å². The second-order valence-corrected chi connectivity index (χ2v) is 2.98. The zero-order chi connectivity index (χ0) is 8.27. The zero-order valence-electron chi connectivity index (χ0n) is 7.58. The monoisotopic (exact) mass is 185 g/mol. The first kappa shape index (κ1) is 11.3. The van der Waals surface area contributed by atoms with E-state index < -0.39 is 0 Å². The van der Waals surface area contributed by atoms with Gasteiger partial charge >= 0.3 is 0 Å². The predicted molar refractivity (Wildman–Crippen MR) is 56.8 cm³/mol. The Labute approximate surface area is 80.4 Å². The molecular formula is C10H16ClN. The molecule has 0 radical (unpaired) electrons. The summed E-state index contributed by atoms with van der Waals surface area (Å²) in [5.74, 6) is 0.624. The molecule has 0 aliphatic carbocycles. The normalized spacial score (nSPS) is 11.8. The number of benzene rings is 1. The molecule has 2 N–H and O–H groups in total. The summed E-state index contributed by atoms with van der Waals surface area (Å²) in [7, 11) is 0. The number of halogens is 1. The Hall–Kier alpha value is -0.690. The Bertz CT molecular complexity index is 235. The number of nitrogen functional groups attached to an aromatic ring is 1. The smallest absolute Gasteiger partial charge is 0.0316 e. The summed E-state index contributed by atoms with van der Waals surface area (Å²) < 4.78 is 0. The average Bonchev–Trinajstić information content (AvgIpc) is 2.03. The van der Waals surface area contributed by atoms with Gasteiger partial charge in [-0.3, -0.25) is 0 Å². The van der Waals surface area contributed by atoms with Crippen molar-refractivity contribution in [1.29, 1.82) is 0 Å². The highest BCUT2D eigenvalue weighted by molar-refractivity contribution is 5.85. The average molecular weight is 186 g/mol. The van der Waals surface area contributed by atoms with E-state index in [0.29, 0.717) is 5.92 Å². The highest BCUT2D eigenvalue weighted by Crippen LogP contribution is 2.19. The lowest BCUT2D eigenvalue weighted by molar-refractivity contribution is 0.734. The number of anilines is 1. The van der Waals surface area contributed by atoms with Gasteiger partial charge in [0.15, 0.2) is 0 Å². The van der Waals surface area contributed by atoms with Crippen molar-refractivity contribution in [3.05, 3.63) is 29.8 Å². The van der Waals surface area contributed by atoms with Crippen molar-refractivity contribution in [2.45, 2.75) is 26.2 Å². The maximum atomic E-state index is 5.65. The molecule has 0 spiro atoms. The predicted octanol–water partition coefficient (Wildman–Crippen LogP) is 3.20. The summed E-state index contributed by atoms with van der Waals surface area (Å²) in [4.78, 5) is 0. The lowest BCUT2D eigenvalue weighted by Crippen LogP contribution is -1.92. The summed E-state index contributed by atoms with van der Waals surface area (Å²) in [5.41, 5.74) is 7.86. The molecule has 1 atom stereocenters. The van der Waals surface area contributed by atoms with E-state index in [0.717, 1.165) is 5.69 Å². The van der Waals surface area contributed by atoms with Crippen LogP contribution in [0.5, 0.6) is 0 Å². The van der Waals surface area contributed by atoms with Crippen molar-refractivity contribution < 1.29 is 0 Å². The fourth-order valence-corrected chi connectivity index (χ4v) is 1.10. The fourth-order valence-electron chi connectivity index (χ4n) is 1.10. The van der Waals surface area contributed by atoms with Gasteiger partial charge in [0.25, 0.3) is 0 Å². The van der Waals surface area contributed by atoms with Gasteiger partial charge in [0.1, 0.15) is 0 Å². The SMILES string of the molecule is CCC(C)c1cccc(N)c1.Cl. The molecule has 0 saturated carbocycles. The molecule has 0 heterocycles. The van der Waals surface area contributed by atoms with Crippen LogP contribution in [0.3, 0.4) is 0 Å². The molecule has 1 aromatic rings. The second-order valence-electron chi connectivity index (χ2n) is 2.98. The van der Waals surface area contributed by atoms with E-state index in [2.05, 4.69) is 19.9 Å². The maximum Gasteiger partial charge on any atom is 0.0316 e. The van der Waals surface area contributed by atoms with Crippen molar-refractivity contribution in [3.63, 3.8) is 0 Å². The highest BCUT2D eigenvalue weighted by atomic mass is 35.5. The molecule has 0 aromatic heterocycles. The van der Waals surface area contributed by atoms with Gasteiger partial charge in [0.05, 0.1) is 0 Å². The Balaban J connectivity index is 0.00000121. The Morgan fingerprint density at radius 1 is 1.42 bits per heavy atom. The summed E-state index contributed by atoms with van der Waals surface area (Å²) in [6.07, 6.45) is 1.17. The number of rotatable bonds is 2. The van der Waals surface area contributed by atoms with Crippen molar-refractivity contribution in [1.82, 2.24) is 0 Å². The van der Waals surface area contributed by atoms with Crippen LogP contribution in [-0.2, 0) is 0 Å². The zero-order valence-corrected chi connectivity index (χ0v) is 8.40. The molecule has 0 amide bonds. The molecular weight excluding hydrogens is 170 g/mol. The van der Waals surface area contributed by atoms with Crippen molar-refractivity contribution in [2.75, 3.05) is 5.73 Å². The molecule has 12 heavy (non-hydrogen) atoms. The molecule has 0 aliphatic heterocycles. The van der Waals surface area contributed by atoms with Crippen LogP contribution in [0.4, 0.5) is 5.69 Å². The third-order valence-corrected chi connectivity index (χ3v) is 2.09. The van der Waals surface area contributed by atoms with Gasteiger partial charge < -0.3 is 5.73 Å². The van der Waals surface area contributed by atoms with E-state index >= 15 is 0 Å². The third-order valence-electron chi connectivity index (χ3n) is 2.09. The molecule has 1 aromatic carbocycles. The minimum Gasteiger partial charge on any atom is -0.399 e. The summed E-state index contributed by atoms with van der Waals surface area (Å²) in [5, 5.41) is 0. The van der Waals surface area contributed by atoms with Gasteiger partial charge in [0, 0.05) is 5.69 Å². The minimum atomic E-state index is 0. The van der Waals surface area contributed by atoms with E-state index in [-0.39, 0.29) is 12.4 Å². The summed E-state index contributed by atoms with van der Waals surface area (Å²) >= 11 is 0. The van der Waals surface area contributed by atoms with Gasteiger partial charge in [-0.25, -0.2) is 0 Å². The van der Waals surface area contributed by atoms with Crippen molar-refractivity contribution in [2.24, 2.45) is 0 Å². The topological polar surface area (TPSA) is 26.0 Å². The first-order valence-electron chi connectivity index (χ1n) is 4.09. The first-order valence-corrected chi connectivity index (χ1v) is 4.09. The van der Waals surface area contributed by atoms with Crippen LogP contribution < -0.4 is 5.73 Å². The highest BCUT2D eigenvalue weighted by Gasteiger charge is 2.01. The van der Waals surface area contributed by atoms with Crippen molar-refractivity contribution >= 4 is 18.1 Å². The van der Waals surface area contributed by atoms with Crippen LogP contribution in [0, 0.1) is 0 Å². The molecule has 0 saturated heterocycles. The van der Waals surface area contributed by atoms with Crippen LogP contribution in [0.2, 0.25) is 0 Å². The number of hydrogen-bond acceptors (Lipinski definition) is 1. The Kier molecular flexibility index (Phi) is 4.75. The molecule has 0 bridgehead atoms. The molecule has 2 heteroatoms. The lowest BCUT2D eigenvalue weighted by atomic mass is 9.98. The lowest BCUT2D eigenvalue weighted by Gasteiger charge is -2.08. The van der Waals surface area contributed by atoms with E-state index in [4.69, 9.17) is 5.73 Å². The summed E-state index contributed by atoms with van der Waals surface area (Å²) in [6, 6.07) is 8.11. The van der Waals surface area contributed by atoms with Crippen LogP contribution >= 0.6 is 12.4 Å². The molecule has 68 valence electrons. The van der Waals surface area contributed by atoms with Gasteiger partial charge in [-0.15, -0.1) is 12.4 Å². The largest absolute Gasteiger partial charge is 0.399 e. The Morgan fingerprint density at radius 2 is 2.08 bits per heavy atom. The van der Waals surface area contributed by atoms with Crippen molar-refractivity contribution in [3.8, 4) is 0 Å². The van der Waals surface area contributed by atoms with Gasteiger partial charge in [0.2, 0.25) is 0 Å². The first-order chi connectivity index (χ1) is 5.24. The maximum absolute atomic E-state index is 5.65. The Morgan fingerprint density at radius 3 is 2.58 bits per heavy atom. The minimum absolute atomic E-state index is 0. The van der Waals surface area contributed by atoms with Crippen LogP contribution in [-0.4, -0.2) is 0 Å². The van der Waals surface area contributed by atoms with Crippen LogP contribution in [0.1, 0.15) is 31.7 Å². The number of nitrogens with two attached hydrogens (primary N) is 1. The van der Waals surface area contributed by atoms with E-state index in [9.17, 15) is 0 Å². The number of hydrogen-bond donors (Lipinski definition) is 1. The summed E-state index contributed by atoms with van der Waals surface area (Å²) in [6.45, 7) is 4.41. The fraction of sp³-hybridized carbons (Fsp3) is 0.400. The van der Waals surface area contributed by atoms with Gasteiger partial charge in [-0.05, 0) is 30.0 Å². The van der Waals surface area contributed by atoms with Crippen LogP contribution in [0.15, 0.2) is 24.3 Å². The van der Waals surface area contributed by atoms with E-state index in [1.54, 1.807) is 0 Å². The van der Waals surface area contributed by atoms with Crippen LogP contribution in [0.25, 0.3) is 0 Å². The standard InChI is InChI=1S/C10H15N.ClH/c1-3-8(2)9-5-4-6-10(11)7-9;/h4-8H,3,11H2,1-2H3;1H. The molecule has 1 unspecified atom stereocenters. The van der Waals surface area contributed by atoms with Gasteiger partial charge in [-0.2, -0.15) is 0 Å². The van der Waals surface area contributed by atoms with E-state index in [1.165, 1.54) is 12.0 Å². The quantitative estimate of drug-likeness (QED) is 0.704. The molecule has 1 nitrogen and oxygen atoms in total. The second kappa shape index (κ2) is 5.04. The van der Waals surface area contributed by atoms with Gasteiger partial charge in [-0.1, -0.05) is 26.0 Å². The molecule has 0 fully saturated rings. The third kappa shape index (κ3) is 2.74.